The molecule has 3 rings (SSSR count). The highest BCUT2D eigenvalue weighted by Crippen LogP contribution is 2.22. The van der Waals surface area contributed by atoms with E-state index in [0.717, 1.165) is 25.9 Å². The summed E-state index contributed by atoms with van der Waals surface area (Å²) in [5.41, 5.74) is 1.59. The fourth-order valence-electron chi connectivity index (χ4n) is 3.21. The van der Waals surface area contributed by atoms with Crippen molar-refractivity contribution in [1.29, 1.82) is 0 Å². The fourth-order valence-corrected chi connectivity index (χ4v) is 3.21. The van der Waals surface area contributed by atoms with Crippen molar-refractivity contribution >= 4 is 29.3 Å². The van der Waals surface area contributed by atoms with Crippen LogP contribution in [0.15, 0.2) is 54.6 Å². The summed E-state index contributed by atoms with van der Waals surface area (Å²) in [7, 11) is 0. The van der Waals surface area contributed by atoms with Crippen molar-refractivity contribution in [3.8, 4) is 0 Å². The lowest BCUT2D eigenvalue weighted by Gasteiger charge is -2.30. The number of rotatable bonds is 5. The van der Waals surface area contributed by atoms with Gasteiger partial charge in [0.1, 0.15) is 0 Å². The summed E-state index contributed by atoms with van der Waals surface area (Å²) >= 11 is 0. The van der Waals surface area contributed by atoms with E-state index in [4.69, 9.17) is 0 Å². The van der Waals surface area contributed by atoms with Crippen molar-refractivity contribution < 1.29 is 14.5 Å². The molecule has 0 radical (unpaired) electrons. The Balaban J connectivity index is 1.67. The molecule has 0 aromatic heterocycles. The molecular weight excluding hydrogens is 370 g/mol. The van der Waals surface area contributed by atoms with E-state index < -0.39 is 4.92 Å². The van der Waals surface area contributed by atoms with Crippen molar-refractivity contribution in [3.63, 3.8) is 0 Å². The van der Waals surface area contributed by atoms with E-state index in [1.54, 1.807) is 42.5 Å². The zero-order valence-corrected chi connectivity index (χ0v) is 16.2. The Morgan fingerprint density at radius 3 is 2.41 bits per heavy atom. The standard InChI is InChI=1S/C22H23N3O4/c1-16-12-14-24(15-13-16)22(27)19-4-2-3-5-20(19)23-21(26)11-8-17-6-9-18(10-7-17)25(28)29/h2-11,16H,12-15H2,1H3,(H,23,26)/b11-8+. The molecule has 2 aromatic rings. The first-order chi connectivity index (χ1) is 13.9. The number of para-hydroxylation sites is 1. The quantitative estimate of drug-likeness (QED) is 0.470. The Labute approximate surface area is 169 Å². The Bertz CT molecular complexity index is 929. The van der Waals surface area contributed by atoms with Crippen LogP contribution in [-0.2, 0) is 4.79 Å². The molecule has 0 aliphatic carbocycles. The van der Waals surface area contributed by atoms with Gasteiger partial charge in [-0.25, -0.2) is 0 Å². The highest BCUT2D eigenvalue weighted by Gasteiger charge is 2.23. The largest absolute Gasteiger partial charge is 0.339 e. The molecule has 0 bridgehead atoms. The second-order valence-electron chi connectivity index (χ2n) is 7.19. The lowest BCUT2D eigenvalue weighted by Crippen LogP contribution is -2.38. The number of nitrogens with one attached hydrogen (secondary N) is 1. The van der Waals surface area contributed by atoms with Gasteiger partial charge in [0.25, 0.3) is 11.6 Å². The van der Waals surface area contributed by atoms with Crippen LogP contribution < -0.4 is 5.32 Å². The van der Waals surface area contributed by atoms with E-state index in [2.05, 4.69) is 12.2 Å². The van der Waals surface area contributed by atoms with Crippen molar-refractivity contribution in [2.45, 2.75) is 19.8 Å². The maximum absolute atomic E-state index is 12.9. The number of likely N-dealkylation sites (tertiary alicyclic amines) is 1. The van der Waals surface area contributed by atoms with Gasteiger partial charge in [-0.1, -0.05) is 19.1 Å². The zero-order chi connectivity index (χ0) is 20.8. The minimum atomic E-state index is -0.475. The number of amides is 2. The summed E-state index contributed by atoms with van der Waals surface area (Å²) in [6, 6.07) is 12.9. The van der Waals surface area contributed by atoms with Gasteiger partial charge in [-0.2, -0.15) is 0 Å². The third kappa shape index (κ3) is 5.28. The number of hydrogen-bond donors (Lipinski definition) is 1. The van der Waals surface area contributed by atoms with Gasteiger partial charge in [0.15, 0.2) is 0 Å². The van der Waals surface area contributed by atoms with Crippen LogP contribution in [-0.4, -0.2) is 34.7 Å². The van der Waals surface area contributed by atoms with Crippen LogP contribution in [0, 0.1) is 16.0 Å². The van der Waals surface area contributed by atoms with E-state index in [9.17, 15) is 19.7 Å². The lowest BCUT2D eigenvalue weighted by molar-refractivity contribution is -0.384. The summed E-state index contributed by atoms with van der Waals surface area (Å²) in [6.07, 6.45) is 4.87. The predicted molar refractivity (Wildman–Crippen MR) is 112 cm³/mol. The molecule has 2 aromatic carbocycles. The third-order valence-corrected chi connectivity index (χ3v) is 5.02. The van der Waals surface area contributed by atoms with E-state index in [-0.39, 0.29) is 17.5 Å². The molecule has 2 amide bonds. The average Bonchev–Trinajstić information content (AvgIpc) is 2.73. The number of nitro benzene ring substituents is 1. The highest BCUT2D eigenvalue weighted by molar-refractivity contribution is 6.07. The fraction of sp³-hybridized carbons (Fsp3) is 0.273. The van der Waals surface area contributed by atoms with Gasteiger partial charge in [-0.3, -0.25) is 19.7 Å². The maximum atomic E-state index is 12.9. The summed E-state index contributed by atoms with van der Waals surface area (Å²) in [4.78, 5) is 37.2. The van der Waals surface area contributed by atoms with Crippen molar-refractivity contribution in [2.24, 2.45) is 5.92 Å². The normalized spacial score (nSPS) is 14.7. The maximum Gasteiger partial charge on any atom is 0.269 e. The molecule has 1 fully saturated rings. The smallest absolute Gasteiger partial charge is 0.269 e. The van der Waals surface area contributed by atoms with E-state index >= 15 is 0 Å². The second-order valence-corrected chi connectivity index (χ2v) is 7.19. The molecule has 1 aliphatic heterocycles. The number of benzene rings is 2. The van der Waals surface area contributed by atoms with Gasteiger partial charge in [-0.15, -0.1) is 0 Å². The SMILES string of the molecule is CC1CCN(C(=O)c2ccccc2NC(=O)/C=C/c2ccc([N+](=O)[O-])cc2)CC1. The van der Waals surface area contributed by atoms with Gasteiger partial charge in [0, 0.05) is 31.3 Å². The van der Waals surface area contributed by atoms with E-state index in [0.29, 0.717) is 22.7 Å². The Morgan fingerprint density at radius 1 is 1.10 bits per heavy atom. The Hall–Kier alpha value is -3.48. The minimum Gasteiger partial charge on any atom is -0.339 e. The third-order valence-electron chi connectivity index (χ3n) is 5.02. The van der Waals surface area contributed by atoms with Gasteiger partial charge in [0.2, 0.25) is 5.91 Å². The summed E-state index contributed by atoms with van der Waals surface area (Å²) < 4.78 is 0. The first-order valence-electron chi connectivity index (χ1n) is 9.56. The Morgan fingerprint density at radius 2 is 1.76 bits per heavy atom. The minimum absolute atomic E-state index is 0.00820. The molecule has 1 saturated heterocycles. The second kappa shape index (κ2) is 9.14. The molecule has 0 saturated carbocycles. The number of non-ortho nitro benzene ring substituents is 1. The summed E-state index contributed by atoms with van der Waals surface area (Å²) in [5, 5.41) is 13.4. The average molecular weight is 393 g/mol. The molecule has 29 heavy (non-hydrogen) atoms. The van der Waals surface area contributed by atoms with Crippen molar-refractivity contribution in [1.82, 2.24) is 4.90 Å². The number of hydrogen-bond acceptors (Lipinski definition) is 4. The molecule has 7 nitrogen and oxygen atoms in total. The van der Waals surface area contributed by atoms with Crippen molar-refractivity contribution in [3.05, 3.63) is 75.8 Å². The number of anilines is 1. The van der Waals surface area contributed by atoms with Crippen molar-refractivity contribution in [2.75, 3.05) is 18.4 Å². The molecule has 0 spiro atoms. The van der Waals surface area contributed by atoms with Gasteiger partial charge >= 0.3 is 0 Å². The first kappa shape index (κ1) is 20.3. The number of nitro groups is 1. The topological polar surface area (TPSA) is 92.6 Å². The van der Waals surface area contributed by atoms with Gasteiger partial charge in [-0.05, 0) is 54.7 Å². The number of carbonyl (C=O) groups excluding carboxylic acids is 2. The highest BCUT2D eigenvalue weighted by atomic mass is 16.6. The molecular formula is C22H23N3O4. The van der Waals surface area contributed by atoms with Crippen LogP contribution in [0.4, 0.5) is 11.4 Å². The van der Waals surface area contributed by atoms with Crippen LogP contribution in [0.5, 0.6) is 0 Å². The number of carbonyl (C=O) groups is 2. The van der Waals surface area contributed by atoms with E-state index in [1.807, 2.05) is 4.90 Å². The number of nitrogens with zero attached hydrogens (tertiary/aromatic N) is 2. The predicted octanol–water partition coefficient (Wildman–Crippen LogP) is 4.12. The molecule has 7 heteroatoms. The monoisotopic (exact) mass is 393 g/mol. The molecule has 150 valence electrons. The van der Waals surface area contributed by atoms with Crippen LogP contribution in [0.25, 0.3) is 6.08 Å². The molecule has 1 aliphatic rings. The molecule has 0 unspecified atom stereocenters. The summed E-state index contributed by atoms with van der Waals surface area (Å²) in [5.74, 6) is 0.168. The van der Waals surface area contributed by atoms with Crippen LogP contribution >= 0.6 is 0 Å². The van der Waals surface area contributed by atoms with Crippen LogP contribution in [0.3, 0.4) is 0 Å². The molecule has 1 N–H and O–H groups in total. The van der Waals surface area contributed by atoms with E-state index in [1.165, 1.54) is 18.2 Å². The van der Waals surface area contributed by atoms with Crippen LogP contribution in [0.2, 0.25) is 0 Å². The molecule has 1 heterocycles. The lowest BCUT2D eigenvalue weighted by atomic mass is 9.98. The summed E-state index contributed by atoms with van der Waals surface area (Å²) in [6.45, 7) is 3.64. The van der Waals surface area contributed by atoms with Gasteiger partial charge in [0.05, 0.1) is 16.2 Å². The Kier molecular flexibility index (Phi) is 6.39. The number of piperidine rings is 1. The van der Waals surface area contributed by atoms with Gasteiger partial charge < -0.3 is 10.2 Å². The molecule has 0 atom stereocenters. The first-order valence-corrected chi connectivity index (χ1v) is 9.56. The zero-order valence-electron chi connectivity index (χ0n) is 16.2. The van der Waals surface area contributed by atoms with Crippen LogP contribution in [0.1, 0.15) is 35.7 Å².